The fourth-order valence-electron chi connectivity index (χ4n) is 1.93. The van der Waals surface area contributed by atoms with Crippen LogP contribution in [0, 0.1) is 6.92 Å². The van der Waals surface area contributed by atoms with Crippen LogP contribution < -0.4 is 0 Å². The van der Waals surface area contributed by atoms with Gasteiger partial charge in [0.25, 0.3) is 0 Å². The summed E-state index contributed by atoms with van der Waals surface area (Å²) in [5.74, 6) is 0.971. The third-order valence-corrected chi connectivity index (χ3v) is 3.32. The number of halogens is 1. The van der Waals surface area contributed by atoms with E-state index in [9.17, 15) is 0 Å². The summed E-state index contributed by atoms with van der Waals surface area (Å²) in [5.41, 5.74) is 3.31. The summed E-state index contributed by atoms with van der Waals surface area (Å²) in [4.78, 5) is 4.37. The first kappa shape index (κ1) is 12.2. The summed E-state index contributed by atoms with van der Waals surface area (Å²) in [6.07, 6.45) is 5.12. The summed E-state index contributed by atoms with van der Waals surface area (Å²) in [5, 5.41) is -0.0719. The standard InChI is InChI=1S/C14H16ClNO/c1-3-14-11(6-8-17-14)12(15)9-13-10(2)5-4-7-16-13/h4-8,12H,3,9H2,1-2H3. The Balaban J connectivity index is 2.17. The minimum absolute atomic E-state index is 0.0719. The molecule has 17 heavy (non-hydrogen) atoms. The molecule has 0 radical (unpaired) electrons. The molecule has 0 N–H and O–H groups in total. The van der Waals surface area contributed by atoms with Gasteiger partial charge < -0.3 is 4.42 Å². The van der Waals surface area contributed by atoms with E-state index < -0.39 is 0 Å². The molecule has 3 heteroatoms. The van der Waals surface area contributed by atoms with Crippen molar-refractivity contribution in [3.05, 3.63) is 53.2 Å². The van der Waals surface area contributed by atoms with Gasteiger partial charge in [0.2, 0.25) is 0 Å². The van der Waals surface area contributed by atoms with Crippen LogP contribution in [0.2, 0.25) is 0 Å². The monoisotopic (exact) mass is 249 g/mol. The maximum Gasteiger partial charge on any atom is 0.108 e. The maximum atomic E-state index is 6.44. The fourth-order valence-corrected chi connectivity index (χ4v) is 2.27. The average molecular weight is 250 g/mol. The third kappa shape index (κ3) is 2.70. The Hall–Kier alpha value is -1.28. The van der Waals surface area contributed by atoms with E-state index in [-0.39, 0.29) is 5.38 Å². The lowest BCUT2D eigenvalue weighted by Crippen LogP contribution is -2.01. The lowest BCUT2D eigenvalue weighted by molar-refractivity contribution is 0.510. The largest absolute Gasteiger partial charge is 0.469 e. The van der Waals surface area contributed by atoms with E-state index in [2.05, 4.69) is 24.9 Å². The first-order valence-electron chi connectivity index (χ1n) is 5.83. The Morgan fingerprint density at radius 3 is 2.94 bits per heavy atom. The topological polar surface area (TPSA) is 26.0 Å². The van der Waals surface area contributed by atoms with E-state index in [0.29, 0.717) is 0 Å². The third-order valence-electron chi connectivity index (χ3n) is 2.93. The highest BCUT2D eigenvalue weighted by atomic mass is 35.5. The highest BCUT2D eigenvalue weighted by Crippen LogP contribution is 2.29. The van der Waals surface area contributed by atoms with Crippen LogP contribution in [-0.2, 0) is 12.8 Å². The molecule has 0 aromatic carbocycles. The summed E-state index contributed by atoms with van der Waals surface area (Å²) < 4.78 is 5.40. The molecular weight excluding hydrogens is 234 g/mol. The lowest BCUT2D eigenvalue weighted by Gasteiger charge is -2.10. The molecule has 2 aromatic rings. The van der Waals surface area contributed by atoms with Crippen molar-refractivity contribution < 1.29 is 4.42 Å². The first-order valence-corrected chi connectivity index (χ1v) is 6.26. The van der Waals surface area contributed by atoms with Crippen molar-refractivity contribution in [1.82, 2.24) is 4.98 Å². The fraction of sp³-hybridized carbons (Fsp3) is 0.357. The summed E-state index contributed by atoms with van der Waals surface area (Å²) in [7, 11) is 0. The van der Waals surface area contributed by atoms with Crippen LogP contribution >= 0.6 is 11.6 Å². The molecule has 2 heterocycles. The van der Waals surface area contributed by atoms with E-state index >= 15 is 0 Å². The van der Waals surface area contributed by atoms with E-state index in [0.717, 1.165) is 29.9 Å². The number of hydrogen-bond donors (Lipinski definition) is 0. The molecule has 1 unspecified atom stereocenters. The van der Waals surface area contributed by atoms with Crippen molar-refractivity contribution in [2.75, 3.05) is 0 Å². The predicted octanol–water partition coefficient (Wildman–Crippen LogP) is 4.07. The maximum absolute atomic E-state index is 6.44. The Bertz CT molecular complexity index is 492. The molecule has 1 atom stereocenters. The van der Waals surface area contributed by atoms with Crippen molar-refractivity contribution in [1.29, 1.82) is 0 Å². The molecule has 2 aromatic heterocycles. The highest BCUT2D eigenvalue weighted by Gasteiger charge is 2.16. The minimum atomic E-state index is -0.0719. The van der Waals surface area contributed by atoms with Crippen molar-refractivity contribution in [3.63, 3.8) is 0 Å². The molecule has 0 saturated heterocycles. The van der Waals surface area contributed by atoms with Crippen molar-refractivity contribution in [2.24, 2.45) is 0 Å². The van der Waals surface area contributed by atoms with Gasteiger partial charge in [0.05, 0.1) is 11.6 Å². The first-order chi connectivity index (χ1) is 8.22. The van der Waals surface area contributed by atoms with Crippen LogP contribution in [0.3, 0.4) is 0 Å². The number of hydrogen-bond acceptors (Lipinski definition) is 2. The van der Waals surface area contributed by atoms with Gasteiger partial charge in [0, 0.05) is 30.3 Å². The van der Waals surface area contributed by atoms with E-state index in [1.54, 1.807) is 6.26 Å². The molecule has 0 aliphatic heterocycles. The smallest absolute Gasteiger partial charge is 0.108 e. The second-order valence-electron chi connectivity index (χ2n) is 4.09. The molecule has 0 aliphatic rings. The highest BCUT2D eigenvalue weighted by molar-refractivity contribution is 6.21. The number of pyridine rings is 1. The minimum Gasteiger partial charge on any atom is -0.469 e. The molecule has 0 fully saturated rings. The molecule has 0 amide bonds. The number of nitrogens with zero attached hydrogens (tertiary/aromatic N) is 1. The number of aromatic nitrogens is 1. The van der Waals surface area contributed by atoms with Crippen molar-refractivity contribution >= 4 is 11.6 Å². The van der Waals surface area contributed by atoms with E-state index in [1.807, 2.05) is 18.3 Å². The number of aryl methyl sites for hydroxylation is 2. The van der Waals surface area contributed by atoms with Gasteiger partial charge in [-0.25, -0.2) is 0 Å². The number of rotatable bonds is 4. The Morgan fingerprint density at radius 2 is 2.24 bits per heavy atom. The molecule has 90 valence electrons. The SMILES string of the molecule is CCc1occc1C(Cl)Cc1ncccc1C. The zero-order valence-electron chi connectivity index (χ0n) is 10.1. The molecule has 0 saturated carbocycles. The quantitative estimate of drug-likeness (QED) is 0.764. The van der Waals surface area contributed by atoms with Gasteiger partial charge in [0.1, 0.15) is 5.76 Å². The van der Waals surface area contributed by atoms with Gasteiger partial charge in [-0.1, -0.05) is 13.0 Å². The summed E-state index contributed by atoms with van der Waals surface area (Å²) in [6, 6.07) is 5.95. The van der Waals surface area contributed by atoms with Gasteiger partial charge in [-0.3, -0.25) is 4.98 Å². The van der Waals surface area contributed by atoms with Crippen LogP contribution in [0.15, 0.2) is 35.1 Å². The van der Waals surface area contributed by atoms with Gasteiger partial charge in [-0.15, -0.1) is 11.6 Å². The van der Waals surface area contributed by atoms with Crippen molar-refractivity contribution in [2.45, 2.75) is 32.1 Å². The summed E-state index contributed by atoms with van der Waals surface area (Å²) in [6.45, 7) is 4.13. The Kier molecular flexibility index (Phi) is 3.85. The van der Waals surface area contributed by atoms with Gasteiger partial charge in [0.15, 0.2) is 0 Å². The average Bonchev–Trinajstić information content (AvgIpc) is 2.80. The molecule has 0 aliphatic carbocycles. The van der Waals surface area contributed by atoms with Crippen LogP contribution in [0.1, 0.15) is 34.9 Å². The normalized spacial score (nSPS) is 12.6. The molecule has 0 spiro atoms. The summed E-state index contributed by atoms with van der Waals surface area (Å²) >= 11 is 6.44. The van der Waals surface area contributed by atoms with Gasteiger partial charge in [-0.2, -0.15) is 0 Å². The molecule has 2 rings (SSSR count). The molecular formula is C14H16ClNO. The second kappa shape index (κ2) is 5.37. The lowest BCUT2D eigenvalue weighted by atomic mass is 10.0. The molecule has 0 bridgehead atoms. The van der Waals surface area contributed by atoms with E-state index in [4.69, 9.17) is 16.0 Å². The Morgan fingerprint density at radius 1 is 1.41 bits per heavy atom. The zero-order chi connectivity index (χ0) is 12.3. The number of alkyl halides is 1. The number of furan rings is 1. The van der Waals surface area contributed by atoms with Crippen LogP contribution in [0.5, 0.6) is 0 Å². The van der Waals surface area contributed by atoms with Gasteiger partial charge in [-0.05, 0) is 24.6 Å². The van der Waals surface area contributed by atoms with Gasteiger partial charge >= 0.3 is 0 Å². The Labute approximate surface area is 107 Å². The van der Waals surface area contributed by atoms with Crippen LogP contribution in [-0.4, -0.2) is 4.98 Å². The van der Waals surface area contributed by atoms with Crippen LogP contribution in [0.25, 0.3) is 0 Å². The van der Waals surface area contributed by atoms with Crippen LogP contribution in [0.4, 0.5) is 0 Å². The zero-order valence-corrected chi connectivity index (χ0v) is 10.9. The second-order valence-corrected chi connectivity index (χ2v) is 4.62. The predicted molar refractivity (Wildman–Crippen MR) is 69.4 cm³/mol. The molecule has 2 nitrogen and oxygen atoms in total. The van der Waals surface area contributed by atoms with Crippen molar-refractivity contribution in [3.8, 4) is 0 Å². The van der Waals surface area contributed by atoms with E-state index in [1.165, 1.54) is 5.56 Å².